The number of furan rings is 1. The molecule has 1 aromatic carbocycles. The molecule has 0 radical (unpaired) electrons. The average Bonchev–Trinajstić information content (AvgIpc) is 3.28. The monoisotopic (exact) mass is 423 g/mol. The number of rotatable bonds is 5. The normalized spacial score (nSPS) is 11.2. The van der Waals surface area contributed by atoms with Crippen molar-refractivity contribution in [2.45, 2.75) is 27.3 Å². The molecule has 0 aliphatic carbocycles. The van der Waals surface area contributed by atoms with Gasteiger partial charge in [-0.15, -0.1) is 0 Å². The van der Waals surface area contributed by atoms with Crippen LogP contribution in [0.2, 0.25) is 0 Å². The molecule has 0 fully saturated rings. The molecule has 0 unspecified atom stereocenters. The van der Waals surface area contributed by atoms with Crippen LogP contribution in [-0.4, -0.2) is 35.1 Å². The Balaban J connectivity index is 1.73. The number of carbonyl (C=O) groups excluding carboxylic acids is 1. The van der Waals surface area contributed by atoms with E-state index in [-0.39, 0.29) is 23.9 Å². The Morgan fingerprint density at radius 2 is 1.97 bits per heavy atom. The van der Waals surface area contributed by atoms with E-state index in [1.165, 1.54) is 18.1 Å². The first-order chi connectivity index (χ1) is 14.8. The van der Waals surface area contributed by atoms with Gasteiger partial charge in [-0.3, -0.25) is 4.79 Å². The fraction of sp³-hybridized carbons (Fsp3) is 0.261. The summed E-state index contributed by atoms with van der Waals surface area (Å²) in [5.41, 5.74) is 3.24. The second-order valence-corrected chi connectivity index (χ2v) is 7.46. The van der Waals surface area contributed by atoms with Gasteiger partial charge in [0.05, 0.1) is 29.4 Å². The number of hydrogen-bond acceptors (Lipinski definition) is 6. The van der Waals surface area contributed by atoms with Crippen molar-refractivity contribution in [3.05, 3.63) is 64.5 Å². The predicted octanol–water partition coefficient (Wildman–Crippen LogP) is 4.83. The minimum atomic E-state index is -0.477. The molecule has 160 valence electrons. The van der Waals surface area contributed by atoms with Gasteiger partial charge in [0.15, 0.2) is 11.6 Å². The summed E-state index contributed by atoms with van der Waals surface area (Å²) in [7, 11) is 3.07. The molecule has 0 saturated heterocycles. The number of fused-ring (bicyclic) bond motifs is 1. The number of aryl methyl sites for hydroxylation is 3. The molecule has 0 spiro atoms. The quantitative estimate of drug-likeness (QED) is 0.457. The van der Waals surface area contributed by atoms with E-state index in [1.54, 1.807) is 32.2 Å². The molecule has 31 heavy (non-hydrogen) atoms. The third-order valence-electron chi connectivity index (χ3n) is 5.15. The number of hydrogen-bond donors (Lipinski definition) is 0. The molecule has 3 heterocycles. The summed E-state index contributed by atoms with van der Waals surface area (Å²) in [5, 5.41) is 4.54. The lowest BCUT2D eigenvalue weighted by Crippen LogP contribution is -2.26. The number of aromatic nitrogens is 2. The Kier molecular flexibility index (Phi) is 5.22. The highest BCUT2D eigenvalue weighted by atomic mass is 19.1. The van der Waals surface area contributed by atoms with Crippen molar-refractivity contribution in [3.63, 3.8) is 0 Å². The van der Waals surface area contributed by atoms with Gasteiger partial charge in [-0.1, -0.05) is 11.2 Å². The molecule has 0 N–H and O–H groups in total. The summed E-state index contributed by atoms with van der Waals surface area (Å²) in [6.07, 6.45) is 0. The molecule has 0 saturated carbocycles. The van der Waals surface area contributed by atoms with Gasteiger partial charge in [-0.2, -0.15) is 0 Å². The first-order valence-corrected chi connectivity index (χ1v) is 9.70. The van der Waals surface area contributed by atoms with Gasteiger partial charge >= 0.3 is 0 Å². The van der Waals surface area contributed by atoms with Gasteiger partial charge in [-0.25, -0.2) is 9.37 Å². The third kappa shape index (κ3) is 3.76. The van der Waals surface area contributed by atoms with Gasteiger partial charge in [0.2, 0.25) is 0 Å². The van der Waals surface area contributed by atoms with Crippen molar-refractivity contribution >= 4 is 17.0 Å². The van der Waals surface area contributed by atoms with E-state index in [9.17, 15) is 9.18 Å². The average molecular weight is 423 g/mol. The first kappa shape index (κ1) is 20.6. The van der Waals surface area contributed by atoms with Gasteiger partial charge in [0.1, 0.15) is 11.5 Å². The highest BCUT2D eigenvalue weighted by molar-refractivity contribution is 6.06. The highest BCUT2D eigenvalue weighted by Crippen LogP contribution is 2.31. The van der Waals surface area contributed by atoms with Crippen LogP contribution in [0.4, 0.5) is 4.39 Å². The van der Waals surface area contributed by atoms with E-state index in [2.05, 4.69) is 10.1 Å². The van der Waals surface area contributed by atoms with Crippen LogP contribution in [0.25, 0.3) is 22.4 Å². The van der Waals surface area contributed by atoms with E-state index in [1.807, 2.05) is 19.9 Å². The zero-order valence-corrected chi connectivity index (χ0v) is 17.9. The minimum absolute atomic E-state index is 0.157. The van der Waals surface area contributed by atoms with Crippen LogP contribution in [-0.2, 0) is 6.54 Å². The molecule has 0 bridgehead atoms. The third-order valence-corrected chi connectivity index (χ3v) is 5.15. The van der Waals surface area contributed by atoms with Gasteiger partial charge in [0, 0.05) is 19.2 Å². The molecule has 4 rings (SSSR count). The molecular formula is C23H22FN3O4. The van der Waals surface area contributed by atoms with Crippen molar-refractivity contribution in [1.29, 1.82) is 0 Å². The maximum Gasteiger partial charge on any atom is 0.259 e. The van der Waals surface area contributed by atoms with Crippen LogP contribution in [0.3, 0.4) is 0 Å². The fourth-order valence-electron chi connectivity index (χ4n) is 3.65. The van der Waals surface area contributed by atoms with Crippen LogP contribution in [0.1, 0.15) is 33.1 Å². The number of amides is 1. The van der Waals surface area contributed by atoms with Gasteiger partial charge in [0.25, 0.3) is 11.6 Å². The van der Waals surface area contributed by atoms with Crippen molar-refractivity contribution in [1.82, 2.24) is 15.0 Å². The van der Waals surface area contributed by atoms with Gasteiger partial charge in [-0.05, 0) is 50.6 Å². The zero-order chi connectivity index (χ0) is 22.3. The van der Waals surface area contributed by atoms with Gasteiger partial charge < -0.3 is 18.6 Å². The lowest BCUT2D eigenvalue weighted by Gasteiger charge is -2.18. The van der Waals surface area contributed by atoms with E-state index >= 15 is 0 Å². The summed E-state index contributed by atoms with van der Waals surface area (Å²) in [5.74, 6) is 0.865. The maximum atomic E-state index is 14.1. The summed E-state index contributed by atoms with van der Waals surface area (Å²) in [6, 6.07) is 8.21. The Labute approximate surface area is 178 Å². The molecular weight excluding hydrogens is 401 g/mol. The molecule has 0 atom stereocenters. The first-order valence-electron chi connectivity index (χ1n) is 9.70. The number of benzene rings is 1. The summed E-state index contributed by atoms with van der Waals surface area (Å²) < 4.78 is 30.0. The standard InChI is InChI=1S/C23H22FN3O4/c1-12-8-16(14(3)30-12)19-10-17(21-13(2)26-31-22(21)25-19)23(28)27(4)11-15-6-7-20(29-5)18(24)9-15/h6-10H,11H2,1-5H3. The number of ether oxygens (including phenoxy) is 1. The fourth-order valence-corrected chi connectivity index (χ4v) is 3.65. The molecule has 3 aromatic heterocycles. The number of nitrogens with zero attached hydrogens (tertiary/aromatic N) is 3. The van der Waals surface area contributed by atoms with Crippen LogP contribution in [0.5, 0.6) is 5.75 Å². The molecule has 1 amide bonds. The van der Waals surface area contributed by atoms with Crippen molar-refractivity contribution < 1.29 is 22.9 Å². The second-order valence-electron chi connectivity index (χ2n) is 7.46. The van der Waals surface area contributed by atoms with E-state index in [0.29, 0.717) is 33.7 Å². The Hall–Kier alpha value is -3.68. The van der Waals surface area contributed by atoms with E-state index < -0.39 is 5.82 Å². The molecule has 4 aromatic rings. The molecule has 7 nitrogen and oxygen atoms in total. The summed E-state index contributed by atoms with van der Waals surface area (Å²) >= 11 is 0. The van der Waals surface area contributed by atoms with Crippen molar-refractivity contribution in [2.24, 2.45) is 0 Å². The van der Waals surface area contributed by atoms with Crippen molar-refractivity contribution in [3.8, 4) is 17.0 Å². The zero-order valence-electron chi connectivity index (χ0n) is 17.9. The Morgan fingerprint density at radius 1 is 1.19 bits per heavy atom. The summed E-state index contributed by atoms with van der Waals surface area (Å²) in [4.78, 5) is 19.4. The second kappa shape index (κ2) is 7.86. The van der Waals surface area contributed by atoms with E-state index in [4.69, 9.17) is 13.7 Å². The summed E-state index contributed by atoms with van der Waals surface area (Å²) in [6.45, 7) is 5.66. The van der Waals surface area contributed by atoms with E-state index in [0.717, 1.165) is 11.3 Å². The lowest BCUT2D eigenvalue weighted by molar-refractivity contribution is 0.0786. The highest BCUT2D eigenvalue weighted by Gasteiger charge is 2.23. The predicted molar refractivity (Wildman–Crippen MR) is 112 cm³/mol. The smallest absolute Gasteiger partial charge is 0.259 e. The minimum Gasteiger partial charge on any atom is -0.494 e. The van der Waals surface area contributed by atoms with Crippen molar-refractivity contribution in [2.75, 3.05) is 14.2 Å². The molecule has 0 aliphatic rings. The molecule has 8 heteroatoms. The number of methoxy groups -OCH3 is 1. The Morgan fingerprint density at radius 3 is 2.61 bits per heavy atom. The molecule has 0 aliphatic heterocycles. The SMILES string of the molecule is COc1ccc(CN(C)C(=O)c2cc(-c3cc(C)oc3C)nc3onc(C)c23)cc1F. The lowest BCUT2D eigenvalue weighted by atomic mass is 10.0. The number of pyridine rings is 1. The van der Waals surface area contributed by atoms with Crippen LogP contribution < -0.4 is 4.74 Å². The van der Waals surface area contributed by atoms with Crippen LogP contribution >= 0.6 is 0 Å². The number of carbonyl (C=O) groups is 1. The van der Waals surface area contributed by atoms with Crippen LogP contribution in [0.15, 0.2) is 39.3 Å². The topological polar surface area (TPSA) is 81.6 Å². The maximum absolute atomic E-state index is 14.1. The number of halogens is 1. The largest absolute Gasteiger partial charge is 0.494 e. The Bertz CT molecular complexity index is 1290. The van der Waals surface area contributed by atoms with Crippen LogP contribution in [0, 0.1) is 26.6 Å².